The highest BCUT2D eigenvalue weighted by molar-refractivity contribution is 5.14. The monoisotopic (exact) mass is 165 g/mol. The molecule has 1 saturated heterocycles. The smallest absolute Gasteiger partial charge is 0.192 e. The maximum Gasteiger partial charge on any atom is 0.192 e. The molecule has 0 amide bonds. The van der Waals surface area contributed by atoms with Gasteiger partial charge in [0, 0.05) is 0 Å². The van der Waals surface area contributed by atoms with Gasteiger partial charge >= 0.3 is 0 Å². The third-order valence-electron chi connectivity index (χ3n) is 1.82. The molecule has 1 aromatic carbocycles. The first-order valence-electron chi connectivity index (χ1n) is 4.02. The van der Waals surface area contributed by atoms with Crippen molar-refractivity contribution >= 4 is 0 Å². The number of rotatable bonds is 3. The van der Waals surface area contributed by atoms with E-state index in [9.17, 15) is 0 Å². The molecule has 0 saturated carbocycles. The van der Waals surface area contributed by atoms with E-state index in [-0.39, 0.29) is 0 Å². The average Bonchev–Trinajstić information content (AvgIpc) is 2.04. The molecule has 1 fully saturated rings. The van der Waals surface area contributed by atoms with Gasteiger partial charge in [-0.1, -0.05) is 35.6 Å². The molecular weight excluding hydrogens is 154 g/mol. The highest BCUT2D eigenvalue weighted by Crippen LogP contribution is 2.07. The SMILES string of the molecule is c1ccc(CCN2OCO2)cc1. The van der Waals surface area contributed by atoms with Gasteiger partial charge in [0.15, 0.2) is 6.79 Å². The maximum atomic E-state index is 4.96. The van der Waals surface area contributed by atoms with Crippen LogP contribution in [-0.2, 0) is 16.1 Å². The van der Waals surface area contributed by atoms with Crippen LogP contribution in [0.1, 0.15) is 5.56 Å². The Labute approximate surface area is 71.4 Å². The largest absolute Gasteiger partial charge is 0.244 e. The lowest BCUT2D eigenvalue weighted by Crippen LogP contribution is -2.38. The minimum absolute atomic E-state index is 0.398. The van der Waals surface area contributed by atoms with E-state index in [4.69, 9.17) is 9.68 Å². The van der Waals surface area contributed by atoms with Crippen LogP contribution in [-0.4, -0.2) is 18.6 Å². The van der Waals surface area contributed by atoms with Crippen LogP contribution in [0.3, 0.4) is 0 Å². The molecule has 0 atom stereocenters. The normalized spacial score (nSPS) is 17.3. The van der Waals surface area contributed by atoms with Crippen LogP contribution in [0, 0.1) is 0 Å². The number of hydroxylamine groups is 2. The van der Waals surface area contributed by atoms with E-state index in [1.165, 1.54) is 10.8 Å². The number of hydrogen-bond donors (Lipinski definition) is 0. The molecular formula is C9H11NO2. The summed E-state index contributed by atoms with van der Waals surface area (Å²) in [6.07, 6.45) is 0.959. The van der Waals surface area contributed by atoms with Gasteiger partial charge in [-0.05, 0) is 12.0 Å². The number of benzene rings is 1. The van der Waals surface area contributed by atoms with Crippen molar-refractivity contribution in [1.82, 2.24) is 5.23 Å². The summed E-state index contributed by atoms with van der Waals surface area (Å²) >= 11 is 0. The van der Waals surface area contributed by atoms with Crippen LogP contribution < -0.4 is 0 Å². The lowest BCUT2D eigenvalue weighted by atomic mass is 10.2. The second-order valence-corrected chi connectivity index (χ2v) is 2.67. The van der Waals surface area contributed by atoms with E-state index >= 15 is 0 Å². The van der Waals surface area contributed by atoms with E-state index in [0.717, 1.165) is 13.0 Å². The summed E-state index contributed by atoms with van der Waals surface area (Å²) in [6, 6.07) is 10.3. The Balaban J connectivity index is 1.79. The molecule has 0 bridgehead atoms. The van der Waals surface area contributed by atoms with Crippen LogP contribution in [0.2, 0.25) is 0 Å². The summed E-state index contributed by atoms with van der Waals surface area (Å²) in [5.41, 5.74) is 1.30. The zero-order chi connectivity index (χ0) is 8.23. The second-order valence-electron chi connectivity index (χ2n) is 2.67. The molecule has 1 aliphatic rings. The lowest BCUT2D eigenvalue weighted by Gasteiger charge is -2.28. The molecule has 0 aromatic heterocycles. The van der Waals surface area contributed by atoms with Crippen molar-refractivity contribution in [3.05, 3.63) is 35.9 Å². The highest BCUT2D eigenvalue weighted by Gasteiger charge is 2.14. The molecule has 64 valence electrons. The van der Waals surface area contributed by atoms with Gasteiger partial charge in [0.05, 0.1) is 6.54 Å². The van der Waals surface area contributed by atoms with E-state index in [0.29, 0.717) is 6.79 Å². The summed E-state index contributed by atoms with van der Waals surface area (Å²) in [5.74, 6) is 0. The molecule has 3 heteroatoms. The van der Waals surface area contributed by atoms with Gasteiger partial charge in [0.25, 0.3) is 0 Å². The summed E-state index contributed by atoms with van der Waals surface area (Å²) in [6.45, 7) is 1.19. The standard InChI is InChI=1S/C9H11NO2/c1-2-4-9(5-3-1)6-7-10-11-8-12-10/h1-5H,6-8H2. The Kier molecular flexibility index (Phi) is 2.36. The molecule has 0 aliphatic carbocycles. The van der Waals surface area contributed by atoms with Crippen molar-refractivity contribution in [2.45, 2.75) is 6.42 Å². The van der Waals surface area contributed by atoms with E-state index in [1.807, 2.05) is 18.2 Å². The Morgan fingerprint density at radius 1 is 1.17 bits per heavy atom. The fourth-order valence-corrected chi connectivity index (χ4v) is 1.12. The molecule has 0 N–H and O–H groups in total. The van der Waals surface area contributed by atoms with E-state index in [2.05, 4.69) is 12.1 Å². The highest BCUT2D eigenvalue weighted by atomic mass is 17.1. The van der Waals surface area contributed by atoms with Gasteiger partial charge < -0.3 is 0 Å². The van der Waals surface area contributed by atoms with Gasteiger partial charge in [-0.2, -0.15) is 0 Å². The topological polar surface area (TPSA) is 21.7 Å². The van der Waals surface area contributed by atoms with Crippen molar-refractivity contribution in [1.29, 1.82) is 0 Å². The third kappa shape index (κ3) is 1.82. The first-order chi connectivity index (χ1) is 5.95. The van der Waals surface area contributed by atoms with Gasteiger partial charge in [-0.3, -0.25) is 0 Å². The molecule has 0 unspecified atom stereocenters. The lowest BCUT2D eigenvalue weighted by molar-refractivity contribution is -0.518. The van der Waals surface area contributed by atoms with Gasteiger partial charge in [-0.25, -0.2) is 9.68 Å². The molecule has 1 aromatic rings. The minimum Gasteiger partial charge on any atom is -0.244 e. The first kappa shape index (κ1) is 7.73. The summed E-state index contributed by atoms with van der Waals surface area (Å²) in [4.78, 5) is 9.93. The molecule has 0 spiro atoms. The van der Waals surface area contributed by atoms with Crippen molar-refractivity contribution in [2.75, 3.05) is 13.3 Å². The van der Waals surface area contributed by atoms with Crippen molar-refractivity contribution in [2.24, 2.45) is 0 Å². The molecule has 0 radical (unpaired) electrons. The van der Waals surface area contributed by atoms with Crippen molar-refractivity contribution < 1.29 is 9.68 Å². The predicted molar refractivity (Wildman–Crippen MR) is 43.9 cm³/mol. The fourth-order valence-electron chi connectivity index (χ4n) is 1.12. The van der Waals surface area contributed by atoms with Crippen LogP contribution in [0.15, 0.2) is 30.3 Å². The molecule has 12 heavy (non-hydrogen) atoms. The van der Waals surface area contributed by atoms with Crippen LogP contribution in [0.5, 0.6) is 0 Å². The fraction of sp³-hybridized carbons (Fsp3) is 0.333. The van der Waals surface area contributed by atoms with Gasteiger partial charge in [-0.15, -0.1) is 0 Å². The van der Waals surface area contributed by atoms with Crippen molar-refractivity contribution in [3.8, 4) is 0 Å². The summed E-state index contributed by atoms with van der Waals surface area (Å²) in [5, 5.41) is 1.51. The molecule has 3 nitrogen and oxygen atoms in total. The minimum atomic E-state index is 0.398. The summed E-state index contributed by atoms with van der Waals surface area (Å²) < 4.78 is 0. The van der Waals surface area contributed by atoms with Crippen LogP contribution in [0.25, 0.3) is 0 Å². The van der Waals surface area contributed by atoms with Gasteiger partial charge in [0.2, 0.25) is 0 Å². The Bertz CT molecular complexity index is 234. The van der Waals surface area contributed by atoms with Gasteiger partial charge in [0.1, 0.15) is 0 Å². The third-order valence-corrected chi connectivity index (χ3v) is 1.82. The van der Waals surface area contributed by atoms with E-state index < -0.39 is 0 Å². The Morgan fingerprint density at radius 3 is 2.50 bits per heavy atom. The molecule has 1 heterocycles. The second kappa shape index (κ2) is 3.67. The first-order valence-corrected chi connectivity index (χ1v) is 4.02. The zero-order valence-corrected chi connectivity index (χ0v) is 6.77. The summed E-state index contributed by atoms with van der Waals surface area (Å²) in [7, 11) is 0. The Hall–Kier alpha value is -0.900. The predicted octanol–water partition coefficient (Wildman–Crippen LogP) is 1.37. The van der Waals surface area contributed by atoms with Crippen molar-refractivity contribution in [3.63, 3.8) is 0 Å². The quantitative estimate of drug-likeness (QED) is 0.675. The molecule has 2 rings (SSSR count). The zero-order valence-electron chi connectivity index (χ0n) is 6.77. The molecule has 1 aliphatic heterocycles. The van der Waals surface area contributed by atoms with Crippen LogP contribution in [0.4, 0.5) is 0 Å². The van der Waals surface area contributed by atoms with Crippen LogP contribution >= 0.6 is 0 Å². The van der Waals surface area contributed by atoms with E-state index in [1.54, 1.807) is 0 Å². The Morgan fingerprint density at radius 2 is 1.92 bits per heavy atom. The number of nitrogens with zero attached hydrogens (tertiary/aromatic N) is 1. The average molecular weight is 165 g/mol. The number of hydrogen-bond acceptors (Lipinski definition) is 3. The maximum absolute atomic E-state index is 4.96.